The van der Waals surface area contributed by atoms with Gasteiger partial charge in [-0.25, -0.2) is 13.6 Å². The molecule has 0 saturated carbocycles. The van der Waals surface area contributed by atoms with E-state index in [1.807, 2.05) is 0 Å². The fourth-order valence-corrected chi connectivity index (χ4v) is 2.25. The molecule has 0 radical (unpaired) electrons. The molecule has 1 aromatic heterocycles. The van der Waals surface area contributed by atoms with Crippen molar-refractivity contribution in [1.82, 2.24) is 0 Å². The third-order valence-corrected chi connectivity index (χ3v) is 3.53. The number of hydrogen-bond acceptors (Lipinski definition) is 4. The van der Waals surface area contributed by atoms with Gasteiger partial charge in [-0.15, -0.1) is 0 Å². The van der Waals surface area contributed by atoms with Crippen LogP contribution < -0.4 is 10.4 Å². The van der Waals surface area contributed by atoms with Gasteiger partial charge >= 0.3 is 5.63 Å². The van der Waals surface area contributed by atoms with Crippen molar-refractivity contribution in [2.45, 2.75) is 13.5 Å². The highest BCUT2D eigenvalue weighted by atomic mass is 19.1. The summed E-state index contributed by atoms with van der Waals surface area (Å²) in [5, 5.41) is 0.546. The number of carbonyl (C=O) groups excluding carboxylic acids is 1. The summed E-state index contributed by atoms with van der Waals surface area (Å²) in [6.45, 7) is 0.971. The van der Waals surface area contributed by atoms with Crippen LogP contribution in [0.15, 0.2) is 51.7 Å². The van der Waals surface area contributed by atoms with Gasteiger partial charge in [0.25, 0.3) is 0 Å². The second-order valence-electron chi connectivity index (χ2n) is 5.19. The van der Waals surface area contributed by atoms with Crippen LogP contribution >= 0.6 is 0 Å². The molecule has 0 N–H and O–H groups in total. The lowest BCUT2D eigenvalue weighted by molar-refractivity contribution is 0.101. The Labute approximate surface area is 135 Å². The van der Waals surface area contributed by atoms with E-state index in [0.29, 0.717) is 5.39 Å². The van der Waals surface area contributed by atoms with E-state index >= 15 is 0 Å². The van der Waals surface area contributed by atoms with Crippen LogP contribution in [0.4, 0.5) is 8.78 Å². The maximum Gasteiger partial charge on any atom is 0.347 e. The van der Waals surface area contributed by atoms with Crippen molar-refractivity contribution in [2.75, 3.05) is 0 Å². The van der Waals surface area contributed by atoms with E-state index in [0.717, 1.165) is 12.1 Å². The Hall–Kier alpha value is -3.02. The molecule has 0 aliphatic carbocycles. The van der Waals surface area contributed by atoms with E-state index < -0.39 is 17.3 Å². The van der Waals surface area contributed by atoms with Crippen molar-refractivity contribution in [3.63, 3.8) is 0 Å². The van der Waals surface area contributed by atoms with Crippen LogP contribution in [-0.4, -0.2) is 5.78 Å². The van der Waals surface area contributed by atoms with Crippen molar-refractivity contribution in [1.29, 1.82) is 0 Å². The van der Waals surface area contributed by atoms with Crippen LogP contribution in [0.3, 0.4) is 0 Å². The SMILES string of the molecule is CC(=O)c1cc2ccc(OCc3c(F)cccc3F)cc2oc1=O. The summed E-state index contributed by atoms with van der Waals surface area (Å²) in [6.07, 6.45) is 0. The molecule has 3 rings (SSSR count). The van der Waals surface area contributed by atoms with Crippen LogP contribution in [0.2, 0.25) is 0 Å². The van der Waals surface area contributed by atoms with E-state index in [4.69, 9.17) is 9.15 Å². The zero-order valence-electron chi connectivity index (χ0n) is 12.6. The molecule has 122 valence electrons. The van der Waals surface area contributed by atoms with Gasteiger partial charge in [-0.05, 0) is 37.3 Å². The Morgan fingerprint density at radius 1 is 1.12 bits per heavy atom. The van der Waals surface area contributed by atoms with E-state index in [1.165, 1.54) is 25.1 Å². The van der Waals surface area contributed by atoms with Crippen molar-refractivity contribution < 1.29 is 22.7 Å². The van der Waals surface area contributed by atoms with Crippen LogP contribution in [0.5, 0.6) is 5.75 Å². The summed E-state index contributed by atoms with van der Waals surface area (Å²) in [6, 6.07) is 9.58. The molecule has 24 heavy (non-hydrogen) atoms. The van der Waals surface area contributed by atoms with E-state index in [-0.39, 0.29) is 34.8 Å². The predicted octanol–water partition coefficient (Wildman–Crippen LogP) is 3.85. The highest BCUT2D eigenvalue weighted by molar-refractivity contribution is 5.96. The Balaban J connectivity index is 1.90. The number of hydrogen-bond donors (Lipinski definition) is 0. The van der Waals surface area contributed by atoms with Crippen LogP contribution in [0.25, 0.3) is 11.0 Å². The van der Waals surface area contributed by atoms with Crippen molar-refractivity contribution in [3.05, 3.63) is 75.6 Å². The molecule has 2 aromatic carbocycles. The summed E-state index contributed by atoms with van der Waals surface area (Å²) in [5.74, 6) is -1.51. The van der Waals surface area contributed by atoms with Crippen molar-refractivity contribution >= 4 is 16.8 Å². The monoisotopic (exact) mass is 330 g/mol. The molecule has 1 heterocycles. The van der Waals surface area contributed by atoms with Gasteiger partial charge < -0.3 is 9.15 Å². The quantitative estimate of drug-likeness (QED) is 0.538. The highest BCUT2D eigenvalue weighted by Crippen LogP contribution is 2.22. The number of ketones is 1. The summed E-state index contributed by atoms with van der Waals surface area (Å²) >= 11 is 0. The van der Waals surface area contributed by atoms with Gasteiger partial charge in [-0.1, -0.05) is 6.07 Å². The van der Waals surface area contributed by atoms with Gasteiger partial charge in [0.1, 0.15) is 35.1 Å². The first kappa shape index (κ1) is 15.9. The van der Waals surface area contributed by atoms with Gasteiger partial charge in [0, 0.05) is 11.5 Å². The number of fused-ring (bicyclic) bond motifs is 1. The number of Topliss-reactive ketones (excluding diaryl/α,β-unsaturated/α-hetero) is 1. The number of ether oxygens (including phenoxy) is 1. The second kappa shape index (κ2) is 6.23. The zero-order chi connectivity index (χ0) is 17.3. The first-order valence-corrected chi connectivity index (χ1v) is 7.10. The fraction of sp³-hybridized carbons (Fsp3) is 0.111. The van der Waals surface area contributed by atoms with Gasteiger partial charge in [-0.3, -0.25) is 4.79 Å². The summed E-state index contributed by atoms with van der Waals surface area (Å²) in [7, 11) is 0. The molecular weight excluding hydrogens is 318 g/mol. The lowest BCUT2D eigenvalue weighted by Crippen LogP contribution is -2.11. The summed E-state index contributed by atoms with van der Waals surface area (Å²) in [4.78, 5) is 23.1. The normalized spacial score (nSPS) is 10.8. The molecule has 0 aliphatic rings. The van der Waals surface area contributed by atoms with E-state index in [1.54, 1.807) is 12.1 Å². The summed E-state index contributed by atoms with van der Waals surface area (Å²) in [5.41, 5.74) is -0.751. The number of carbonyl (C=O) groups is 1. The molecule has 0 aliphatic heterocycles. The largest absolute Gasteiger partial charge is 0.489 e. The molecular formula is C18H12F2O4. The van der Waals surface area contributed by atoms with Gasteiger partial charge in [-0.2, -0.15) is 0 Å². The van der Waals surface area contributed by atoms with Gasteiger partial charge in [0.15, 0.2) is 5.78 Å². The molecule has 0 atom stereocenters. The summed E-state index contributed by atoms with van der Waals surface area (Å²) < 4.78 is 37.6. The van der Waals surface area contributed by atoms with Gasteiger partial charge in [0.2, 0.25) is 0 Å². The molecule has 0 saturated heterocycles. The number of rotatable bonds is 4. The van der Waals surface area contributed by atoms with Gasteiger partial charge in [0.05, 0.1) is 5.56 Å². The molecule has 0 fully saturated rings. The average Bonchev–Trinajstić information content (AvgIpc) is 2.53. The van der Waals surface area contributed by atoms with Crippen LogP contribution in [-0.2, 0) is 6.61 Å². The first-order chi connectivity index (χ1) is 11.5. The Morgan fingerprint density at radius 3 is 2.50 bits per heavy atom. The third-order valence-electron chi connectivity index (χ3n) is 3.53. The zero-order valence-corrected chi connectivity index (χ0v) is 12.6. The van der Waals surface area contributed by atoms with E-state index in [2.05, 4.69) is 0 Å². The minimum atomic E-state index is -0.743. The maximum atomic E-state index is 13.6. The van der Waals surface area contributed by atoms with E-state index in [9.17, 15) is 18.4 Å². The highest BCUT2D eigenvalue weighted by Gasteiger charge is 2.12. The number of halogens is 2. The maximum absolute atomic E-state index is 13.6. The molecule has 0 unspecified atom stereocenters. The Bertz CT molecular complexity index is 972. The minimum absolute atomic E-state index is 0.0374. The molecule has 6 heteroatoms. The molecule has 3 aromatic rings. The third kappa shape index (κ3) is 3.03. The van der Waals surface area contributed by atoms with Crippen molar-refractivity contribution in [2.24, 2.45) is 0 Å². The predicted molar refractivity (Wildman–Crippen MR) is 83.2 cm³/mol. The second-order valence-corrected chi connectivity index (χ2v) is 5.19. The minimum Gasteiger partial charge on any atom is -0.489 e. The van der Waals surface area contributed by atoms with Crippen LogP contribution in [0, 0.1) is 11.6 Å². The molecule has 0 bridgehead atoms. The molecule has 0 spiro atoms. The lowest BCUT2D eigenvalue weighted by atomic mass is 10.1. The topological polar surface area (TPSA) is 56.5 Å². The number of benzene rings is 2. The van der Waals surface area contributed by atoms with Crippen molar-refractivity contribution in [3.8, 4) is 5.75 Å². The lowest BCUT2D eigenvalue weighted by Gasteiger charge is -2.09. The standard InChI is InChI=1S/C18H12F2O4/c1-10(21)13-7-11-5-6-12(8-17(11)24-18(13)22)23-9-14-15(19)3-2-4-16(14)20/h2-8H,9H2,1H3. The Morgan fingerprint density at radius 2 is 1.83 bits per heavy atom. The molecule has 4 nitrogen and oxygen atoms in total. The smallest absolute Gasteiger partial charge is 0.347 e. The molecule has 0 amide bonds. The Kier molecular flexibility index (Phi) is 4.12. The first-order valence-electron chi connectivity index (χ1n) is 7.10. The average molecular weight is 330 g/mol. The fourth-order valence-electron chi connectivity index (χ4n) is 2.25. The van der Waals surface area contributed by atoms with Crippen LogP contribution in [0.1, 0.15) is 22.8 Å².